The van der Waals surface area contributed by atoms with Crippen molar-refractivity contribution in [2.24, 2.45) is 0 Å². The molecule has 2 aromatic rings. The third kappa shape index (κ3) is 6.96. The number of anilines is 1. The van der Waals surface area contributed by atoms with Crippen LogP contribution in [-0.4, -0.2) is 57.1 Å². The number of carbonyl (C=O) groups excluding carboxylic acids is 2. The number of benzene rings is 2. The quantitative estimate of drug-likeness (QED) is 0.491. The molecule has 1 N–H and O–H groups in total. The largest absolute Gasteiger partial charge is 0.497 e. The molecule has 0 radical (unpaired) electrons. The lowest BCUT2D eigenvalue weighted by atomic mass is 10.1. The number of nitrogens with one attached hydrogen (secondary N) is 1. The van der Waals surface area contributed by atoms with Gasteiger partial charge in [0.2, 0.25) is 21.8 Å². The second-order valence-electron chi connectivity index (χ2n) is 9.00. The lowest BCUT2D eigenvalue weighted by Gasteiger charge is -2.33. The molecule has 0 heterocycles. The highest BCUT2D eigenvalue weighted by Crippen LogP contribution is 2.24. The number of carbonyl (C=O) groups is 2. The van der Waals surface area contributed by atoms with Gasteiger partial charge >= 0.3 is 0 Å². The summed E-state index contributed by atoms with van der Waals surface area (Å²) in [5.41, 5.74) is 0.522. The minimum Gasteiger partial charge on any atom is -0.497 e. The molecule has 1 aliphatic carbocycles. The van der Waals surface area contributed by atoms with Crippen LogP contribution in [0.1, 0.15) is 44.6 Å². The monoisotopic (exact) mass is 519 g/mol. The average Bonchev–Trinajstić information content (AvgIpc) is 3.35. The molecule has 1 fully saturated rings. The van der Waals surface area contributed by atoms with Crippen molar-refractivity contribution in [3.63, 3.8) is 0 Å². The lowest BCUT2D eigenvalue weighted by Crippen LogP contribution is -2.53. The van der Waals surface area contributed by atoms with Crippen LogP contribution in [0.5, 0.6) is 5.75 Å². The number of sulfonamides is 1. The fourth-order valence-corrected chi connectivity index (χ4v) is 5.31. The maximum Gasteiger partial charge on any atom is 0.244 e. The van der Waals surface area contributed by atoms with E-state index in [-0.39, 0.29) is 24.2 Å². The third-order valence-corrected chi connectivity index (χ3v) is 7.53. The number of rotatable bonds is 11. The second-order valence-corrected chi connectivity index (χ2v) is 10.9. The number of halogens is 1. The van der Waals surface area contributed by atoms with Gasteiger partial charge in [-0.15, -0.1) is 0 Å². The number of amides is 2. The Morgan fingerprint density at radius 2 is 1.75 bits per heavy atom. The van der Waals surface area contributed by atoms with Gasteiger partial charge in [0.25, 0.3) is 0 Å². The molecule has 3 rings (SSSR count). The molecule has 0 saturated heterocycles. The van der Waals surface area contributed by atoms with E-state index in [0.29, 0.717) is 12.2 Å². The zero-order chi connectivity index (χ0) is 26.3. The lowest BCUT2D eigenvalue weighted by molar-refractivity contribution is -0.140. The van der Waals surface area contributed by atoms with E-state index in [1.807, 2.05) is 0 Å². The number of para-hydroxylation sites is 1. The van der Waals surface area contributed by atoms with Crippen LogP contribution >= 0.6 is 0 Å². The van der Waals surface area contributed by atoms with Crippen molar-refractivity contribution in [2.45, 2.75) is 57.7 Å². The van der Waals surface area contributed by atoms with Crippen molar-refractivity contribution in [2.75, 3.05) is 24.2 Å². The Bertz CT molecular complexity index is 1150. The van der Waals surface area contributed by atoms with Crippen molar-refractivity contribution in [3.8, 4) is 5.75 Å². The first-order chi connectivity index (χ1) is 17.1. The summed E-state index contributed by atoms with van der Waals surface area (Å²) in [6, 6.07) is 11.7. The number of nitrogens with zero attached hydrogens (tertiary/aromatic N) is 2. The van der Waals surface area contributed by atoms with Gasteiger partial charge in [-0.05, 0) is 49.1 Å². The molecular weight excluding hydrogens is 485 g/mol. The van der Waals surface area contributed by atoms with Gasteiger partial charge in [-0.1, -0.05) is 44.0 Å². The fourth-order valence-electron chi connectivity index (χ4n) is 4.46. The van der Waals surface area contributed by atoms with E-state index in [1.165, 1.54) is 23.1 Å². The van der Waals surface area contributed by atoms with Gasteiger partial charge in [0.1, 0.15) is 24.2 Å². The molecule has 0 spiro atoms. The Labute approximate surface area is 212 Å². The van der Waals surface area contributed by atoms with E-state index in [4.69, 9.17) is 4.74 Å². The van der Waals surface area contributed by atoms with Crippen molar-refractivity contribution < 1.29 is 27.1 Å². The minimum atomic E-state index is -3.99. The topological polar surface area (TPSA) is 96.0 Å². The molecular formula is C26H34FN3O5S. The Balaban J connectivity index is 1.92. The van der Waals surface area contributed by atoms with Crippen LogP contribution in [0.25, 0.3) is 0 Å². The summed E-state index contributed by atoms with van der Waals surface area (Å²) in [4.78, 5) is 28.3. The van der Waals surface area contributed by atoms with Crippen LogP contribution < -0.4 is 14.4 Å². The van der Waals surface area contributed by atoms with E-state index < -0.39 is 34.3 Å². The molecule has 10 heteroatoms. The molecule has 2 aromatic carbocycles. The van der Waals surface area contributed by atoms with Crippen LogP contribution in [0.15, 0.2) is 48.5 Å². The van der Waals surface area contributed by atoms with Crippen molar-refractivity contribution in [3.05, 3.63) is 59.9 Å². The van der Waals surface area contributed by atoms with Crippen LogP contribution in [0.2, 0.25) is 0 Å². The number of hydrogen-bond acceptors (Lipinski definition) is 5. The van der Waals surface area contributed by atoms with Gasteiger partial charge in [0.15, 0.2) is 0 Å². The first-order valence-electron chi connectivity index (χ1n) is 12.1. The zero-order valence-corrected chi connectivity index (χ0v) is 21.8. The molecule has 0 bridgehead atoms. The fraction of sp³-hybridized carbons (Fsp3) is 0.462. The Morgan fingerprint density at radius 1 is 1.11 bits per heavy atom. The Kier molecular flexibility index (Phi) is 9.31. The summed E-state index contributed by atoms with van der Waals surface area (Å²) >= 11 is 0. The number of ether oxygens (including phenoxy) is 1. The van der Waals surface area contributed by atoms with Gasteiger partial charge in [0, 0.05) is 12.6 Å². The predicted octanol–water partition coefficient (Wildman–Crippen LogP) is 3.47. The van der Waals surface area contributed by atoms with Crippen molar-refractivity contribution in [1.82, 2.24) is 10.2 Å². The van der Waals surface area contributed by atoms with Gasteiger partial charge < -0.3 is 15.0 Å². The highest BCUT2D eigenvalue weighted by atomic mass is 32.2. The van der Waals surface area contributed by atoms with Crippen LogP contribution in [-0.2, 0) is 26.2 Å². The number of hydrogen-bond donors (Lipinski definition) is 1. The van der Waals surface area contributed by atoms with Gasteiger partial charge in [-0.25, -0.2) is 12.8 Å². The summed E-state index contributed by atoms with van der Waals surface area (Å²) in [5.74, 6) is -0.995. The molecule has 0 aromatic heterocycles. The van der Waals surface area contributed by atoms with E-state index in [2.05, 4.69) is 5.32 Å². The predicted molar refractivity (Wildman–Crippen MR) is 137 cm³/mol. The molecule has 196 valence electrons. The first-order valence-corrected chi connectivity index (χ1v) is 13.9. The normalized spacial score (nSPS) is 14.8. The molecule has 0 aliphatic heterocycles. The molecule has 1 aliphatic rings. The maximum atomic E-state index is 14.5. The highest BCUT2D eigenvalue weighted by molar-refractivity contribution is 7.92. The average molecular weight is 520 g/mol. The SMILES string of the molecule is CC[C@@H](C(=O)NC1CCCC1)N(Cc1ccc(OC)cc1)C(=O)CN(c1ccccc1F)S(C)(=O)=O. The Hall–Kier alpha value is -3.14. The molecule has 1 atom stereocenters. The molecule has 2 amide bonds. The zero-order valence-electron chi connectivity index (χ0n) is 20.9. The molecule has 1 saturated carbocycles. The van der Waals surface area contributed by atoms with E-state index >= 15 is 0 Å². The van der Waals surface area contributed by atoms with Crippen LogP contribution in [0, 0.1) is 5.82 Å². The third-order valence-electron chi connectivity index (χ3n) is 6.40. The molecule has 36 heavy (non-hydrogen) atoms. The van der Waals surface area contributed by atoms with E-state index in [0.717, 1.165) is 47.9 Å². The van der Waals surface area contributed by atoms with Crippen molar-refractivity contribution >= 4 is 27.5 Å². The van der Waals surface area contributed by atoms with Gasteiger partial charge in [-0.2, -0.15) is 0 Å². The summed E-state index contributed by atoms with van der Waals surface area (Å²) in [7, 11) is -2.44. The number of methoxy groups -OCH3 is 1. The molecule has 8 nitrogen and oxygen atoms in total. The smallest absolute Gasteiger partial charge is 0.244 e. The first kappa shape index (κ1) is 27.4. The maximum absolute atomic E-state index is 14.5. The van der Waals surface area contributed by atoms with E-state index in [9.17, 15) is 22.4 Å². The highest BCUT2D eigenvalue weighted by Gasteiger charge is 2.33. The second kappa shape index (κ2) is 12.2. The summed E-state index contributed by atoms with van der Waals surface area (Å²) in [6.45, 7) is 1.25. The minimum absolute atomic E-state index is 0.0652. The standard InChI is InChI=1S/C26H34FN3O5S/c1-4-23(26(32)28-20-9-5-6-10-20)29(17-19-13-15-21(35-2)16-14-19)25(31)18-30(36(3,33)34)24-12-8-7-11-22(24)27/h7-8,11-16,20,23H,4-6,9-10,17-18H2,1-3H3,(H,28,32)/t23-/m0/s1. The van der Waals surface area contributed by atoms with Gasteiger partial charge in [-0.3, -0.25) is 13.9 Å². The Morgan fingerprint density at radius 3 is 2.31 bits per heavy atom. The molecule has 0 unspecified atom stereocenters. The van der Waals surface area contributed by atoms with Crippen LogP contribution in [0.3, 0.4) is 0 Å². The summed E-state index contributed by atoms with van der Waals surface area (Å²) in [5, 5.41) is 3.05. The van der Waals surface area contributed by atoms with E-state index in [1.54, 1.807) is 38.3 Å². The van der Waals surface area contributed by atoms with Gasteiger partial charge in [0.05, 0.1) is 19.1 Å². The van der Waals surface area contributed by atoms with Crippen LogP contribution in [0.4, 0.5) is 10.1 Å². The summed E-state index contributed by atoms with van der Waals surface area (Å²) in [6.07, 6.45) is 5.13. The summed E-state index contributed by atoms with van der Waals surface area (Å²) < 4.78 is 45.6. The van der Waals surface area contributed by atoms with Crippen molar-refractivity contribution in [1.29, 1.82) is 0 Å².